The zero-order chi connectivity index (χ0) is 11.4. The van der Waals surface area contributed by atoms with E-state index in [0.29, 0.717) is 18.2 Å². The number of hydrogen-bond acceptors (Lipinski definition) is 4. The Balaban J connectivity index is 1.96. The highest BCUT2D eigenvalue weighted by Crippen LogP contribution is 2.19. The molecule has 0 fully saturated rings. The van der Waals surface area contributed by atoms with Crippen LogP contribution < -0.4 is 10.5 Å². The van der Waals surface area contributed by atoms with Crippen molar-refractivity contribution in [1.82, 2.24) is 4.98 Å². The summed E-state index contributed by atoms with van der Waals surface area (Å²) in [4.78, 5) is 5.26. The van der Waals surface area contributed by atoms with Crippen molar-refractivity contribution >= 4 is 22.9 Å². The Labute approximate surface area is 103 Å². The van der Waals surface area contributed by atoms with Gasteiger partial charge in [0.05, 0.1) is 0 Å². The van der Waals surface area contributed by atoms with Crippen LogP contribution in [0, 0.1) is 0 Å². The van der Waals surface area contributed by atoms with E-state index in [0.717, 1.165) is 15.6 Å². The van der Waals surface area contributed by atoms with Gasteiger partial charge in [-0.1, -0.05) is 17.7 Å². The molecule has 0 unspecified atom stereocenters. The maximum absolute atomic E-state index is 5.84. The van der Waals surface area contributed by atoms with Crippen molar-refractivity contribution in [2.24, 2.45) is 5.73 Å². The molecule has 0 spiro atoms. The Morgan fingerprint density at radius 1 is 1.44 bits per heavy atom. The monoisotopic (exact) mass is 254 g/mol. The van der Waals surface area contributed by atoms with Gasteiger partial charge in [-0.15, -0.1) is 11.3 Å². The summed E-state index contributed by atoms with van der Waals surface area (Å²) in [7, 11) is 0. The molecule has 1 heterocycles. The summed E-state index contributed by atoms with van der Waals surface area (Å²) in [6.07, 6.45) is 1.78. The molecule has 0 aliphatic rings. The second-order valence-corrected chi connectivity index (χ2v) is 4.81. The lowest BCUT2D eigenvalue weighted by Gasteiger charge is -2.03. The molecule has 0 atom stereocenters. The molecule has 5 heteroatoms. The van der Waals surface area contributed by atoms with Crippen LogP contribution in [0.5, 0.6) is 5.75 Å². The van der Waals surface area contributed by atoms with Crippen molar-refractivity contribution < 1.29 is 4.74 Å². The average Bonchev–Trinajstić information content (AvgIpc) is 2.74. The minimum atomic E-state index is 0.449. The Hall–Kier alpha value is -1.10. The minimum absolute atomic E-state index is 0.449. The van der Waals surface area contributed by atoms with Gasteiger partial charge in [-0.2, -0.15) is 0 Å². The Morgan fingerprint density at radius 3 is 3.00 bits per heavy atom. The van der Waals surface area contributed by atoms with Crippen molar-refractivity contribution in [2.75, 3.05) is 0 Å². The number of aromatic nitrogens is 1. The van der Waals surface area contributed by atoms with Gasteiger partial charge in [0.15, 0.2) is 0 Å². The molecular formula is C11H11ClN2OS. The molecule has 0 aliphatic carbocycles. The molecule has 2 aromatic rings. The van der Waals surface area contributed by atoms with E-state index in [4.69, 9.17) is 22.1 Å². The zero-order valence-corrected chi connectivity index (χ0v) is 10.1. The second kappa shape index (κ2) is 5.30. The first-order valence-corrected chi connectivity index (χ1v) is 5.99. The van der Waals surface area contributed by atoms with Crippen LogP contribution in [0.25, 0.3) is 0 Å². The van der Waals surface area contributed by atoms with E-state index in [9.17, 15) is 0 Å². The van der Waals surface area contributed by atoms with Crippen molar-refractivity contribution in [1.29, 1.82) is 0 Å². The van der Waals surface area contributed by atoms with E-state index in [-0.39, 0.29) is 0 Å². The molecule has 0 bridgehead atoms. The van der Waals surface area contributed by atoms with Crippen molar-refractivity contribution in [3.63, 3.8) is 0 Å². The molecule has 0 aliphatic heterocycles. The number of rotatable bonds is 4. The number of ether oxygens (including phenoxy) is 1. The third-order valence-corrected chi connectivity index (χ3v) is 3.19. The van der Waals surface area contributed by atoms with Gasteiger partial charge in [0.2, 0.25) is 0 Å². The molecule has 1 aromatic heterocycles. The first-order valence-electron chi connectivity index (χ1n) is 4.80. The third-order valence-electron chi connectivity index (χ3n) is 1.96. The maximum atomic E-state index is 5.84. The van der Waals surface area contributed by atoms with Crippen LogP contribution in [0.4, 0.5) is 0 Å². The van der Waals surface area contributed by atoms with Gasteiger partial charge in [0.25, 0.3) is 0 Å². The highest BCUT2D eigenvalue weighted by molar-refractivity contribution is 7.11. The lowest BCUT2D eigenvalue weighted by molar-refractivity contribution is 0.305. The lowest BCUT2D eigenvalue weighted by Crippen LogP contribution is -1.94. The minimum Gasteiger partial charge on any atom is -0.486 e. The summed E-state index contributed by atoms with van der Waals surface area (Å²) in [5.41, 5.74) is 5.50. The molecule has 2 N–H and O–H groups in total. The van der Waals surface area contributed by atoms with Gasteiger partial charge in [-0.3, -0.25) is 0 Å². The maximum Gasteiger partial charge on any atom is 0.140 e. The second-order valence-electron chi connectivity index (χ2n) is 3.17. The third kappa shape index (κ3) is 2.95. The Bertz CT molecular complexity index is 473. The quantitative estimate of drug-likeness (QED) is 0.913. The smallest absolute Gasteiger partial charge is 0.140 e. The van der Waals surface area contributed by atoms with Crippen LogP contribution in [-0.4, -0.2) is 4.98 Å². The van der Waals surface area contributed by atoms with E-state index >= 15 is 0 Å². The summed E-state index contributed by atoms with van der Waals surface area (Å²) < 4.78 is 5.55. The van der Waals surface area contributed by atoms with Crippen LogP contribution in [0.3, 0.4) is 0 Å². The van der Waals surface area contributed by atoms with E-state index in [2.05, 4.69) is 4.98 Å². The number of thiazole rings is 1. The van der Waals surface area contributed by atoms with Crippen LogP contribution in [0.2, 0.25) is 5.02 Å². The molecule has 16 heavy (non-hydrogen) atoms. The number of hydrogen-bond donors (Lipinski definition) is 1. The standard InChI is InChI=1S/C11H11ClN2OS/c12-8-2-1-3-9(4-8)15-7-11-14-6-10(5-13)16-11/h1-4,6H,5,7,13H2. The number of halogens is 1. The molecule has 0 amide bonds. The summed E-state index contributed by atoms with van der Waals surface area (Å²) in [5, 5.41) is 1.58. The molecule has 0 radical (unpaired) electrons. The molecule has 0 saturated carbocycles. The topological polar surface area (TPSA) is 48.1 Å². The lowest BCUT2D eigenvalue weighted by atomic mass is 10.3. The fraction of sp³-hybridized carbons (Fsp3) is 0.182. The van der Waals surface area contributed by atoms with E-state index in [1.54, 1.807) is 23.6 Å². The van der Waals surface area contributed by atoms with Crippen LogP contribution in [0.15, 0.2) is 30.5 Å². The largest absolute Gasteiger partial charge is 0.486 e. The number of nitrogens with two attached hydrogens (primary N) is 1. The Morgan fingerprint density at radius 2 is 2.31 bits per heavy atom. The predicted molar refractivity (Wildman–Crippen MR) is 65.8 cm³/mol. The van der Waals surface area contributed by atoms with Gasteiger partial charge in [-0.05, 0) is 18.2 Å². The van der Waals surface area contributed by atoms with Gasteiger partial charge in [0.1, 0.15) is 17.4 Å². The molecule has 2 rings (SSSR count). The van der Waals surface area contributed by atoms with Crippen LogP contribution in [0.1, 0.15) is 9.88 Å². The Kier molecular flexibility index (Phi) is 3.77. The fourth-order valence-electron chi connectivity index (χ4n) is 1.21. The zero-order valence-electron chi connectivity index (χ0n) is 8.52. The summed E-state index contributed by atoms with van der Waals surface area (Å²) >= 11 is 7.41. The predicted octanol–water partition coefficient (Wildman–Crippen LogP) is 2.83. The normalized spacial score (nSPS) is 10.4. The fourth-order valence-corrected chi connectivity index (χ4v) is 2.11. The molecule has 3 nitrogen and oxygen atoms in total. The van der Waals surface area contributed by atoms with Crippen LogP contribution >= 0.6 is 22.9 Å². The summed E-state index contributed by atoms with van der Waals surface area (Å²) in [6.45, 7) is 0.972. The first-order chi connectivity index (χ1) is 7.78. The highest BCUT2D eigenvalue weighted by atomic mass is 35.5. The van der Waals surface area contributed by atoms with Gasteiger partial charge < -0.3 is 10.5 Å². The number of benzene rings is 1. The van der Waals surface area contributed by atoms with Crippen molar-refractivity contribution in [3.8, 4) is 5.75 Å². The van der Waals surface area contributed by atoms with Gasteiger partial charge in [-0.25, -0.2) is 4.98 Å². The highest BCUT2D eigenvalue weighted by Gasteiger charge is 2.02. The molecule has 0 saturated heterocycles. The first kappa shape index (κ1) is 11.4. The van der Waals surface area contributed by atoms with Gasteiger partial charge >= 0.3 is 0 Å². The van der Waals surface area contributed by atoms with E-state index < -0.39 is 0 Å². The van der Waals surface area contributed by atoms with E-state index in [1.807, 2.05) is 18.2 Å². The molecule has 1 aromatic carbocycles. The van der Waals surface area contributed by atoms with Gasteiger partial charge in [0, 0.05) is 22.6 Å². The van der Waals surface area contributed by atoms with E-state index in [1.165, 1.54) is 0 Å². The van der Waals surface area contributed by atoms with Crippen molar-refractivity contribution in [2.45, 2.75) is 13.2 Å². The summed E-state index contributed by atoms with van der Waals surface area (Å²) in [6, 6.07) is 7.30. The van der Waals surface area contributed by atoms with Crippen LogP contribution in [-0.2, 0) is 13.2 Å². The van der Waals surface area contributed by atoms with Crippen molar-refractivity contribution in [3.05, 3.63) is 45.4 Å². The average molecular weight is 255 g/mol. The SMILES string of the molecule is NCc1cnc(COc2cccc(Cl)c2)s1. The number of nitrogens with zero attached hydrogens (tertiary/aromatic N) is 1. The summed E-state index contributed by atoms with van der Waals surface area (Å²) in [5.74, 6) is 0.747. The molecule has 84 valence electrons. The molecular weight excluding hydrogens is 244 g/mol.